The summed E-state index contributed by atoms with van der Waals surface area (Å²) in [7, 11) is 0. The Bertz CT molecular complexity index is 525. The lowest BCUT2D eigenvalue weighted by Gasteiger charge is -2.11. The van der Waals surface area contributed by atoms with E-state index in [1.54, 1.807) is 0 Å². The third kappa shape index (κ3) is 4.90. The summed E-state index contributed by atoms with van der Waals surface area (Å²) in [6, 6.07) is 16.6. The Balaban J connectivity index is 1.84. The number of halogens is 1. The molecule has 0 aliphatic carbocycles. The van der Waals surface area contributed by atoms with Crippen molar-refractivity contribution < 1.29 is 0 Å². The second-order valence-electron chi connectivity index (χ2n) is 4.72. The van der Waals surface area contributed by atoms with Gasteiger partial charge in [0.05, 0.1) is 0 Å². The number of nitrogens with two attached hydrogens (primary N) is 1. The molecule has 0 heterocycles. The van der Waals surface area contributed by atoms with E-state index in [0.29, 0.717) is 0 Å². The molecule has 100 valence electrons. The molecule has 0 aliphatic heterocycles. The first-order valence-corrected chi connectivity index (χ1v) is 7.69. The molecule has 0 radical (unpaired) electrons. The van der Waals surface area contributed by atoms with Gasteiger partial charge in [0, 0.05) is 21.7 Å². The summed E-state index contributed by atoms with van der Waals surface area (Å²) in [6.07, 6.45) is 0.885. The largest absolute Gasteiger partial charge is 0.327 e. The molecule has 1 atom stereocenters. The molecule has 0 spiro atoms. The van der Waals surface area contributed by atoms with Crippen LogP contribution in [0.5, 0.6) is 0 Å². The Morgan fingerprint density at radius 3 is 2.58 bits per heavy atom. The molecule has 0 fully saturated rings. The molecule has 0 aromatic heterocycles. The fourth-order valence-electron chi connectivity index (χ4n) is 1.89. The summed E-state index contributed by atoms with van der Waals surface area (Å²) in [5.74, 6) is 0.923. The summed E-state index contributed by atoms with van der Waals surface area (Å²) >= 11 is 7.68. The maximum Gasteiger partial charge on any atom is 0.0406 e. The van der Waals surface area contributed by atoms with Crippen molar-refractivity contribution in [2.75, 3.05) is 5.75 Å². The van der Waals surface area contributed by atoms with Crippen LogP contribution in [0.1, 0.15) is 11.1 Å². The van der Waals surface area contributed by atoms with Gasteiger partial charge in [-0.25, -0.2) is 0 Å². The molecule has 2 rings (SSSR count). The van der Waals surface area contributed by atoms with E-state index < -0.39 is 0 Å². The van der Waals surface area contributed by atoms with Crippen molar-refractivity contribution in [1.82, 2.24) is 0 Å². The van der Waals surface area contributed by atoms with E-state index in [4.69, 9.17) is 17.3 Å². The zero-order chi connectivity index (χ0) is 13.7. The molecular formula is C16H18ClNS. The molecule has 0 bridgehead atoms. The SMILES string of the molecule is Cc1cccc(SCC(N)Cc2ccc(Cl)cc2)c1. The molecular weight excluding hydrogens is 274 g/mol. The number of benzene rings is 2. The molecule has 2 aromatic carbocycles. The quantitative estimate of drug-likeness (QED) is 0.831. The van der Waals surface area contributed by atoms with E-state index >= 15 is 0 Å². The van der Waals surface area contributed by atoms with Gasteiger partial charge >= 0.3 is 0 Å². The number of rotatable bonds is 5. The minimum atomic E-state index is 0.159. The molecule has 2 aromatic rings. The number of thioether (sulfide) groups is 1. The van der Waals surface area contributed by atoms with Crippen molar-refractivity contribution in [2.24, 2.45) is 5.73 Å². The second kappa shape index (κ2) is 6.99. The van der Waals surface area contributed by atoms with Crippen LogP contribution in [-0.2, 0) is 6.42 Å². The van der Waals surface area contributed by atoms with Crippen LogP contribution in [0.2, 0.25) is 5.02 Å². The highest BCUT2D eigenvalue weighted by molar-refractivity contribution is 7.99. The van der Waals surface area contributed by atoms with Crippen LogP contribution in [0, 0.1) is 6.92 Å². The molecule has 3 heteroatoms. The standard InChI is InChI=1S/C16H18ClNS/c1-12-3-2-4-16(9-12)19-11-15(18)10-13-5-7-14(17)8-6-13/h2-9,15H,10-11,18H2,1H3. The average Bonchev–Trinajstić information content (AvgIpc) is 2.39. The lowest BCUT2D eigenvalue weighted by atomic mass is 10.1. The summed E-state index contributed by atoms with van der Waals surface area (Å²) in [6.45, 7) is 2.11. The van der Waals surface area contributed by atoms with Crippen LogP contribution in [0.4, 0.5) is 0 Å². The molecule has 19 heavy (non-hydrogen) atoms. The first-order chi connectivity index (χ1) is 9.13. The zero-order valence-electron chi connectivity index (χ0n) is 11.0. The van der Waals surface area contributed by atoms with Gasteiger partial charge in [0.15, 0.2) is 0 Å². The third-order valence-electron chi connectivity index (χ3n) is 2.86. The van der Waals surface area contributed by atoms with Gasteiger partial charge in [-0.1, -0.05) is 41.4 Å². The van der Waals surface area contributed by atoms with Crippen molar-refractivity contribution in [3.05, 3.63) is 64.7 Å². The van der Waals surface area contributed by atoms with Gasteiger partial charge in [0.1, 0.15) is 0 Å². The smallest absolute Gasteiger partial charge is 0.0406 e. The van der Waals surface area contributed by atoms with Gasteiger partial charge in [0.2, 0.25) is 0 Å². The van der Waals surface area contributed by atoms with Gasteiger partial charge in [-0.05, 0) is 43.2 Å². The summed E-state index contributed by atoms with van der Waals surface area (Å²) < 4.78 is 0. The van der Waals surface area contributed by atoms with E-state index in [9.17, 15) is 0 Å². The predicted octanol–water partition coefficient (Wildman–Crippen LogP) is 4.31. The van der Waals surface area contributed by atoms with Crippen molar-refractivity contribution in [3.63, 3.8) is 0 Å². The predicted molar refractivity (Wildman–Crippen MR) is 85.0 cm³/mol. The Morgan fingerprint density at radius 1 is 1.16 bits per heavy atom. The fraction of sp³-hybridized carbons (Fsp3) is 0.250. The Morgan fingerprint density at radius 2 is 1.89 bits per heavy atom. The highest BCUT2D eigenvalue weighted by atomic mass is 35.5. The molecule has 0 saturated heterocycles. The monoisotopic (exact) mass is 291 g/mol. The third-order valence-corrected chi connectivity index (χ3v) is 4.30. The van der Waals surface area contributed by atoms with Crippen molar-refractivity contribution >= 4 is 23.4 Å². The van der Waals surface area contributed by atoms with Gasteiger partial charge in [-0.15, -0.1) is 11.8 Å². The number of aryl methyl sites for hydroxylation is 1. The molecule has 1 nitrogen and oxygen atoms in total. The summed E-state index contributed by atoms with van der Waals surface area (Å²) in [5, 5.41) is 0.770. The Labute approximate surface area is 124 Å². The maximum absolute atomic E-state index is 6.18. The second-order valence-corrected chi connectivity index (χ2v) is 6.25. The fourth-order valence-corrected chi connectivity index (χ4v) is 2.98. The molecule has 1 unspecified atom stereocenters. The average molecular weight is 292 g/mol. The Kier molecular flexibility index (Phi) is 5.32. The minimum absolute atomic E-state index is 0.159. The number of hydrogen-bond acceptors (Lipinski definition) is 2. The van der Waals surface area contributed by atoms with Crippen LogP contribution in [-0.4, -0.2) is 11.8 Å². The van der Waals surface area contributed by atoms with Crippen molar-refractivity contribution in [1.29, 1.82) is 0 Å². The van der Waals surface area contributed by atoms with Gasteiger partial charge in [0.25, 0.3) is 0 Å². The normalized spacial score (nSPS) is 12.4. The van der Waals surface area contributed by atoms with E-state index in [-0.39, 0.29) is 6.04 Å². The maximum atomic E-state index is 6.18. The highest BCUT2D eigenvalue weighted by Gasteiger charge is 2.05. The summed E-state index contributed by atoms with van der Waals surface area (Å²) in [5.41, 5.74) is 8.70. The van der Waals surface area contributed by atoms with E-state index in [1.807, 2.05) is 36.0 Å². The lowest BCUT2D eigenvalue weighted by molar-refractivity contribution is 0.749. The van der Waals surface area contributed by atoms with E-state index in [0.717, 1.165) is 17.2 Å². The van der Waals surface area contributed by atoms with Crippen molar-refractivity contribution in [2.45, 2.75) is 24.3 Å². The topological polar surface area (TPSA) is 26.0 Å². The molecule has 2 N–H and O–H groups in total. The van der Waals surface area contributed by atoms with E-state index in [2.05, 4.69) is 31.2 Å². The van der Waals surface area contributed by atoms with Crippen LogP contribution < -0.4 is 5.73 Å². The first kappa shape index (κ1) is 14.4. The molecule has 0 amide bonds. The van der Waals surface area contributed by atoms with Crippen LogP contribution >= 0.6 is 23.4 Å². The van der Waals surface area contributed by atoms with Gasteiger partial charge in [-0.3, -0.25) is 0 Å². The van der Waals surface area contributed by atoms with Crippen molar-refractivity contribution in [3.8, 4) is 0 Å². The van der Waals surface area contributed by atoms with Gasteiger partial charge in [-0.2, -0.15) is 0 Å². The van der Waals surface area contributed by atoms with Crippen LogP contribution in [0.25, 0.3) is 0 Å². The molecule has 0 aliphatic rings. The minimum Gasteiger partial charge on any atom is -0.327 e. The zero-order valence-corrected chi connectivity index (χ0v) is 12.5. The lowest BCUT2D eigenvalue weighted by Crippen LogP contribution is -2.25. The Hall–Kier alpha value is -0.960. The molecule has 0 saturated carbocycles. The number of hydrogen-bond donors (Lipinski definition) is 1. The highest BCUT2D eigenvalue weighted by Crippen LogP contribution is 2.20. The van der Waals surface area contributed by atoms with Gasteiger partial charge < -0.3 is 5.73 Å². The van der Waals surface area contributed by atoms with Crippen LogP contribution in [0.15, 0.2) is 53.4 Å². The van der Waals surface area contributed by atoms with Crippen LogP contribution in [0.3, 0.4) is 0 Å². The van der Waals surface area contributed by atoms with E-state index in [1.165, 1.54) is 16.0 Å². The first-order valence-electron chi connectivity index (χ1n) is 6.33. The summed E-state index contributed by atoms with van der Waals surface area (Å²) in [4.78, 5) is 1.28.